The fourth-order valence-electron chi connectivity index (χ4n) is 4.66. The van der Waals surface area contributed by atoms with Crippen LogP contribution in [0.15, 0.2) is 67.1 Å². The van der Waals surface area contributed by atoms with E-state index in [1.807, 2.05) is 55.6 Å². The van der Waals surface area contributed by atoms with Gasteiger partial charge in [0.1, 0.15) is 12.2 Å². The predicted molar refractivity (Wildman–Crippen MR) is 137 cm³/mol. The summed E-state index contributed by atoms with van der Waals surface area (Å²) in [5, 5.41) is 15.1. The van der Waals surface area contributed by atoms with E-state index in [1.165, 1.54) is 17.5 Å². The second kappa shape index (κ2) is 8.57. The summed E-state index contributed by atoms with van der Waals surface area (Å²) < 4.78 is 3.87. The maximum absolute atomic E-state index is 10.8. The fraction of sp³-hybridized carbons (Fsp3) is 0.200. The topological polar surface area (TPSA) is 95.2 Å². The van der Waals surface area contributed by atoms with Crippen LogP contribution < -0.4 is 0 Å². The highest BCUT2D eigenvalue weighted by Crippen LogP contribution is 2.39. The van der Waals surface area contributed by atoms with Gasteiger partial charge in [0.05, 0.1) is 35.8 Å². The number of aromatic amines is 1. The molecule has 4 aromatic heterocycles. The second-order valence-corrected chi connectivity index (χ2v) is 9.76. The van der Waals surface area contributed by atoms with Crippen molar-refractivity contribution in [2.75, 3.05) is 0 Å². The molecule has 0 radical (unpaired) electrons. The number of rotatable bonds is 5. The Hall–Kier alpha value is -3.15. The first-order valence-corrected chi connectivity index (χ1v) is 12.0. The molecular weight excluding hydrogens is 541 g/mol. The maximum Gasteiger partial charge on any atom is 0.155 e. The summed E-state index contributed by atoms with van der Waals surface area (Å²) in [5.41, 5.74) is 7.51. The van der Waals surface area contributed by atoms with Gasteiger partial charge in [-0.2, -0.15) is 5.10 Å². The number of pyridine rings is 2. The zero-order valence-electron chi connectivity index (χ0n) is 18.4. The third-order valence-corrected chi connectivity index (χ3v) is 7.16. The lowest BCUT2D eigenvalue weighted by atomic mass is 10.1. The number of imidazole rings is 1. The molecule has 2 unspecified atom stereocenters. The number of aryl methyl sites for hydroxylation is 1. The van der Waals surface area contributed by atoms with E-state index in [4.69, 9.17) is 9.97 Å². The number of aliphatic hydroxyl groups is 1. The van der Waals surface area contributed by atoms with Gasteiger partial charge >= 0.3 is 0 Å². The van der Waals surface area contributed by atoms with E-state index in [-0.39, 0.29) is 6.04 Å². The third kappa shape index (κ3) is 3.79. The molecule has 2 N–H and O–H groups in total. The van der Waals surface area contributed by atoms with Gasteiger partial charge in [0.2, 0.25) is 0 Å². The Balaban J connectivity index is 1.39. The molecule has 1 aromatic carbocycles. The van der Waals surface area contributed by atoms with E-state index in [0.717, 1.165) is 39.8 Å². The summed E-state index contributed by atoms with van der Waals surface area (Å²) in [5.74, 6) is 0.804. The van der Waals surface area contributed by atoms with Crippen LogP contribution in [0.1, 0.15) is 28.7 Å². The van der Waals surface area contributed by atoms with Crippen LogP contribution in [0.25, 0.3) is 28.3 Å². The van der Waals surface area contributed by atoms with E-state index in [0.29, 0.717) is 13.0 Å². The molecule has 1 aliphatic rings. The van der Waals surface area contributed by atoms with Gasteiger partial charge in [0.25, 0.3) is 0 Å². The number of nitrogens with one attached hydrogen (secondary N) is 1. The van der Waals surface area contributed by atoms with Crippen molar-refractivity contribution < 1.29 is 5.11 Å². The molecule has 0 aliphatic heterocycles. The Morgan fingerprint density at radius 1 is 1.12 bits per heavy atom. The van der Waals surface area contributed by atoms with Gasteiger partial charge in [-0.15, -0.1) is 0 Å². The standard InChI is InChI=1S/C25H22IN7O/c1-15-5-4-8-19(29-15)24-23(17-9-10-22-27-14-28-33(22)12-17)30-21(31-24)13-32(26)25-18-7-3-2-6-16(18)11-20(25)34/h2-10,12,14,20,25,34H,11,13H2,1H3,(H,30,31). The van der Waals surface area contributed by atoms with Crippen LogP contribution in [0.3, 0.4) is 0 Å². The predicted octanol–water partition coefficient (Wildman–Crippen LogP) is 4.30. The van der Waals surface area contributed by atoms with Gasteiger partial charge in [0, 0.05) is 46.7 Å². The van der Waals surface area contributed by atoms with Crippen LogP contribution in [-0.4, -0.2) is 43.9 Å². The van der Waals surface area contributed by atoms with Crippen LogP contribution in [0, 0.1) is 6.92 Å². The van der Waals surface area contributed by atoms with Crippen molar-refractivity contribution in [3.05, 3.63) is 89.8 Å². The monoisotopic (exact) mass is 563 g/mol. The van der Waals surface area contributed by atoms with Crippen molar-refractivity contribution in [1.29, 1.82) is 0 Å². The van der Waals surface area contributed by atoms with Crippen LogP contribution in [-0.2, 0) is 13.0 Å². The normalized spacial score (nSPS) is 17.5. The number of benzene rings is 1. The van der Waals surface area contributed by atoms with Gasteiger partial charge in [-0.05, 0) is 42.3 Å². The number of H-pyrrole nitrogens is 1. The molecular formula is C25H22IN7O. The molecule has 0 saturated heterocycles. The molecule has 170 valence electrons. The lowest BCUT2D eigenvalue weighted by Crippen LogP contribution is -2.26. The maximum atomic E-state index is 10.8. The zero-order chi connectivity index (χ0) is 23.2. The molecule has 1 aliphatic carbocycles. The van der Waals surface area contributed by atoms with Crippen molar-refractivity contribution >= 4 is 28.5 Å². The highest BCUT2D eigenvalue weighted by molar-refractivity contribution is 14.1. The number of aromatic nitrogens is 6. The van der Waals surface area contributed by atoms with Gasteiger partial charge in [0.15, 0.2) is 5.65 Å². The summed E-state index contributed by atoms with van der Waals surface area (Å²) in [6.45, 7) is 2.52. The molecule has 6 rings (SSSR count). The lowest BCUT2D eigenvalue weighted by molar-refractivity contribution is 0.113. The lowest BCUT2D eigenvalue weighted by Gasteiger charge is -2.25. The number of fused-ring (bicyclic) bond motifs is 2. The van der Waals surface area contributed by atoms with Gasteiger partial charge < -0.3 is 10.1 Å². The number of aliphatic hydroxyl groups excluding tert-OH is 1. The fourth-order valence-corrected chi connectivity index (χ4v) is 5.66. The van der Waals surface area contributed by atoms with E-state index in [1.54, 1.807) is 4.52 Å². The van der Waals surface area contributed by atoms with Crippen LogP contribution in [0.2, 0.25) is 0 Å². The van der Waals surface area contributed by atoms with Crippen molar-refractivity contribution in [2.45, 2.75) is 32.0 Å². The third-order valence-electron chi connectivity index (χ3n) is 6.21. The molecule has 0 fully saturated rings. The zero-order valence-corrected chi connectivity index (χ0v) is 20.6. The smallest absolute Gasteiger partial charge is 0.155 e. The molecule has 0 spiro atoms. The second-order valence-electron chi connectivity index (χ2n) is 8.52. The van der Waals surface area contributed by atoms with E-state index in [2.05, 4.69) is 53.2 Å². The van der Waals surface area contributed by atoms with E-state index >= 15 is 0 Å². The number of hydrogen-bond acceptors (Lipinski definition) is 6. The van der Waals surface area contributed by atoms with E-state index < -0.39 is 6.10 Å². The van der Waals surface area contributed by atoms with Gasteiger partial charge in [-0.3, -0.25) is 4.98 Å². The molecule has 0 bridgehead atoms. The molecule has 9 heteroatoms. The summed E-state index contributed by atoms with van der Waals surface area (Å²) >= 11 is 2.30. The Labute approximate surface area is 210 Å². The average molecular weight is 563 g/mol. The minimum Gasteiger partial charge on any atom is -0.391 e. The summed E-state index contributed by atoms with van der Waals surface area (Å²) in [7, 11) is 0. The highest BCUT2D eigenvalue weighted by atomic mass is 127. The first-order chi connectivity index (χ1) is 16.6. The first-order valence-electron chi connectivity index (χ1n) is 11.1. The summed E-state index contributed by atoms with van der Waals surface area (Å²) in [6, 6.07) is 18.1. The number of halogens is 1. The Morgan fingerprint density at radius 2 is 2.00 bits per heavy atom. The molecule has 34 heavy (non-hydrogen) atoms. The van der Waals surface area contributed by atoms with Crippen molar-refractivity contribution in [2.24, 2.45) is 0 Å². The molecule has 0 amide bonds. The molecule has 5 aromatic rings. The minimum atomic E-state index is -0.448. The number of hydrogen-bond donors (Lipinski definition) is 2. The quantitative estimate of drug-likeness (QED) is 0.245. The number of nitrogens with zero attached hydrogens (tertiary/aromatic N) is 6. The molecule has 2 atom stereocenters. The van der Waals surface area contributed by atoms with E-state index in [9.17, 15) is 5.11 Å². The van der Waals surface area contributed by atoms with Crippen molar-refractivity contribution in [1.82, 2.24) is 32.7 Å². The molecule has 8 nitrogen and oxygen atoms in total. The summed E-state index contributed by atoms with van der Waals surface area (Å²) in [4.78, 5) is 17.5. The average Bonchev–Trinajstić information content (AvgIpc) is 3.54. The van der Waals surface area contributed by atoms with Crippen molar-refractivity contribution in [3.63, 3.8) is 0 Å². The SMILES string of the molecule is Cc1cccc(-c2[nH]c(CN(I)C3c4ccccc4CC3O)nc2-c2ccc3ncnn3c2)n1. The minimum absolute atomic E-state index is 0.0857. The largest absolute Gasteiger partial charge is 0.391 e. The molecule has 0 saturated carbocycles. The van der Waals surface area contributed by atoms with Crippen LogP contribution in [0.5, 0.6) is 0 Å². The summed E-state index contributed by atoms with van der Waals surface area (Å²) in [6.07, 6.45) is 3.69. The highest BCUT2D eigenvalue weighted by Gasteiger charge is 2.35. The van der Waals surface area contributed by atoms with Gasteiger partial charge in [-0.1, -0.05) is 30.3 Å². The first kappa shape index (κ1) is 21.4. The van der Waals surface area contributed by atoms with Gasteiger partial charge in [-0.25, -0.2) is 17.6 Å². The van der Waals surface area contributed by atoms with Crippen LogP contribution in [0.4, 0.5) is 0 Å². The van der Waals surface area contributed by atoms with Crippen molar-refractivity contribution in [3.8, 4) is 22.6 Å². The van der Waals surface area contributed by atoms with Crippen LogP contribution >= 0.6 is 22.9 Å². The Kier molecular flexibility index (Phi) is 5.39. The molecule has 4 heterocycles. The Bertz CT molecular complexity index is 1490. The Morgan fingerprint density at radius 3 is 2.88 bits per heavy atom.